The van der Waals surface area contributed by atoms with Crippen LogP contribution in [0.15, 0.2) is 18.2 Å². The van der Waals surface area contributed by atoms with Crippen LogP contribution in [0.4, 0.5) is 4.39 Å². The smallest absolute Gasteiger partial charge is 0.165 e. The third-order valence-corrected chi connectivity index (χ3v) is 2.43. The molecule has 0 radical (unpaired) electrons. The molecule has 14 heavy (non-hydrogen) atoms. The second-order valence-corrected chi connectivity index (χ2v) is 3.77. The minimum absolute atomic E-state index is 0.266. The van der Waals surface area contributed by atoms with Crippen molar-refractivity contribution >= 4 is 0 Å². The van der Waals surface area contributed by atoms with Gasteiger partial charge in [0.25, 0.3) is 0 Å². The molecule has 1 aromatic carbocycles. The van der Waals surface area contributed by atoms with Crippen molar-refractivity contribution in [2.45, 2.75) is 6.92 Å². The highest BCUT2D eigenvalue weighted by Gasteiger charge is 2.17. The van der Waals surface area contributed by atoms with Crippen molar-refractivity contribution in [3.8, 4) is 5.75 Å². The molecule has 0 bridgehead atoms. The summed E-state index contributed by atoms with van der Waals surface area (Å²) in [4.78, 5) is 0. The molecule has 2 rings (SSSR count). The molecule has 1 N–H and O–H groups in total. The Bertz CT molecular complexity index is 323. The van der Waals surface area contributed by atoms with Gasteiger partial charge in [0, 0.05) is 19.0 Å². The van der Waals surface area contributed by atoms with E-state index in [1.807, 2.05) is 13.0 Å². The van der Waals surface area contributed by atoms with Crippen LogP contribution in [0.3, 0.4) is 0 Å². The highest BCUT2D eigenvalue weighted by Crippen LogP contribution is 2.19. The highest BCUT2D eigenvalue weighted by atomic mass is 19.1. The van der Waals surface area contributed by atoms with Crippen molar-refractivity contribution in [1.82, 2.24) is 5.32 Å². The molecule has 1 aromatic rings. The lowest BCUT2D eigenvalue weighted by molar-refractivity contribution is 0.193. The van der Waals surface area contributed by atoms with Gasteiger partial charge in [-0.1, -0.05) is 6.07 Å². The summed E-state index contributed by atoms with van der Waals surface area (Å²) in [6, 6.07) is 5.04. The van der Waals surface area contributed by atoms with Crippen molar-refractivity contribution in [1.29, 1.82) is 0 Å². The first-order valence-corrected chi connectivity index (χ1v) is 4.85. The Labute approximate surface area is 83.1 Å². The standard InChI is InChI=1S/C11H14FNO/c1-8-2-3-11(10(12)4-8)14-7-9-5-13-6-9/h2-4,9,13H,5-7H2,1H3. The third-order valence-electron chi connectivity index (χ3n) is 2.43. The lowest BCUT2D eigenvalue weighted by atomic mass is 10.1. The average Bonchev–Trinajstić information content (AvgIpc) is 2.05. The maximum Gasteiger partial charge on any atom is 0.165 e. The first kappa shape index (κ1) is 9.46. The van der Waals surface area contributed by atoms with Crippen LogP contribution in [0.5, 0.6) is 5.75 Å². The summed E-state index contributed by atoms with van der Waals surface area (Å²) < 4.78 is 18.7. The molecule has 0 saturated carbocycles. The van der Waals surface area contributed by atoms with Crippen molar-refractivity contribution in [2.75, 3.05) is 19.7 Å². The summed E-state index contributed by atoms with van der Waals surface area (Å²) in [5.74, 6) is 0.635. The van der Waals surface area contributed by atoms with Crippen LogP contribution >= 0.6 is 0 Å². The van der Waals surface area contributed by atoms with Gasteiger partial charge in [0.1, 0.15) is 0 Å². The minimum atomic E-state index is -0.266. The van der Waals surface area contributed by atoms with E-state index in [0.29, 0.717) is 18.3 Å². The Morgan fingerprint density at radius 1 is 1.50 bits per heavy atom. The van der Waals surface area contributed by atoms with Crippen molar-refractivity contribution in [3.63, 3.8) is 0 Å². The van der Waals surface area contributed by atoms with Crippen LogP contribution in [0.2, 0.25) is 0 Å². The van der Waals surface area contributed by atoms with E-state index in [9.17, 15) is 4.39 Å². The molecule has 1 aliphatic heterocycles. The molecule has 1 fully saturated rings. The number of hydrogen-bond donors (Lipinski definition) is 1. The van der Waals surface area contributed by atoms with Crippen LogP contribution in [-0.4, -0.2) is 19.7 Å². The fourth-order valence-electron chi connectivity index (χ4n) is 1.40. The molecule has 0 spiro atoms. The molecule has 0 aliphatic carbocycles. The molecule has 0 atom stereocenters. The van der Waals surface area contributed by atoms with E-state index in [4.69, 9.17) is 4.74 Å². The summed E-state index contributed by atoms with van der Waals surface area (Å²) in [7, 11) is 0. The van der Waals surface area contributed by atoms with Crippen LogP contribution in [0.25, 0.3) is 0 Å². The molecular formula is C11H14FNO. The van der Waals surface area contributed by atoms with E-state index in [0.717, 1.165) is 18.7 Å². The molecule has 0 amide bonds. The third kappa shape index (κ3) is 2.04. The summed E-state index contributed by atoms with van der Waals surface area (Å²) >= 11 is 0. The van der Waals surface area contributed by atoms with Crippen molar-refractivity contribution < 1.29 is 9.13 Å². The zero-order valence-corrected chi connectivity index (χ0v) is 8.22. The van der Waals surface area contributed by atoms with Gasteiger partial charge in [-0.2, -0.15) is 0 Å². The largest absolute Gasteiger partial charge is 0.490 e. The lowest BCUT2D eigenvalue weighted by Gasteiger charge is -2.26. The van der Waals surface area contributed by atoms with Gasteiger partial charge in [0.2, 0.25) is 0 Å². The monoisotopic (exact) mass is 195 g/mol. The fraction of sp³-hybridized carbons (Fsp3) is 0.455. The molecule has 0 unspecified atom stereocenters. The predicted octanol–water partition coefficient (Wildman–Crippen LogP) is 1.73. The summed E-state index contributed by atoms with van der Waals surface area (Å²) in [6.07, 6.45) is 0. The molecule has 0 aromatic heterocycles. The van der Waals surface area contributed by atoms with Crippen molar-refractivity contribution in [2.24, 2.45) is 5.92 Å². The van der Waals surface area contributed by atoms with E-state index >= 15 is 0 Å². The predicted molar refractivity (Wildman–Crippen MR) is 53.0 cm³/mol. The van der Waals surface area contributed by atoms with Crippen molar-refractivity contribution in [3.05, 3.63) is 29.6 Å². The molecule has 1 aliphatic rings. The maximum atomic E-state index is 13.3. The van der Waals surface area contributed by atoms with E-state index in [2.05, 4.69) is 5.32 Å². The van der Waals surface area contributed by atoms with E-state index in [-0.39, 0.29) is 5.82 Å². The Hall–Kier alpha value is -1.09. The number of benzene rings is 1. The molecular weight excluding hydrogens is 181 g/mol. The number of ether oxygens (including phenoxy) is 1. The van der Waals surface area contributed by atoms with Crippen LogP contribution in [0.1, 0.15) is 5.56 Å². The minimum Gasteiger partial charge on any atom is -0.490 e. The Morgan fingerprint density at radius 2 is 2.29 bits per heavy atom. The molecule has 1 saturated heterocycles. The van der Waals surface area contributed by atoms with Gasteiger partial charge in [-0.3, -0.25) is 0 Å². The van der Waals surface area contributed by atoms with E-state index in [1.54, 1.807) is 6.07 Å². The van der Waals surface area contributed by atoms with Crippen LogP contribution in [0, 0.1) is 18.7 Å². The number of aryl methyl sites for hydroxylation is 1. The zero-order chi connectivity index (χ0) is 9.97. The quantitative estimate of drug-likeness (QED) is 0.793. The molecule has 3 heteroatoms. The normalized spacial score (nSPS) is 16.4. The SMILES string of the molecule is Cc1ccc(OCC2CNC2)c(F)c1. The molecule has 76 valence electrons. The second-order valence-electron chi connectivity index (χ2n) is 3.77. The summed E-state index contributed by atoms with van der Waals surface area (Å²) in [6.45, 7) is 4.43. The molecule has 2 nitrogen and oxygen atoms in total. The molecule has 1 heterocycles. The lowest BCUT2D eigenvalue weighted by Crippen LogP contribution is -2.45. The summed E-state index contributed by atoms with van der Waals surface area (Å²) in [5, 5.41) is 3.15. The van der Waals surface area contributed by atoms with Gasteiger partial charge in [-0.15, -0.1) is 0 Å². The number of halogens is 1. The van der Waals surface area contributed by atoms with Crippen LogP contribution < -0.4 is 10.1 Å². The average molecular weight is 195 g/mol. The number of hydrogen-bond acceptors (Lipinski definition) is 2. The Morgan fingerprint density at radius 3 is 2.86 bits per heavy atom. The topological polar surface area (TPSA) is 21.3 Å². The van der Waals surface area contributed by atoms with Gasteiger partial charge >= 0.3 is 0 Å². The highest BCUT2D eigenvalue weighted by molar-refractivity contribution is 5.28. The van der Waals surface area contributed by atoms with Crippen LogP contribution in [-0.2, 0) is 0 Å². The Kier molecular flexibility index (Phi) is 2.68. The van der Waals surface area contributed by atoms with E-state index in [1.165, 1.54) is 6.07 Å². The van der Waals surface area contributed by atoms with Gasteiger partial charge in [0.15, 0.2) is 11.6 Å². The first-order chi connectivity index (χ1) is 6.75. The maximum absolute atomic E-state index is 13.3. The fourth-order valence-corrected chi connectivity index (χ4v) is 1.40. The van der Waals surface area contributed by atoms with Gasteiger partial charge in [-0.25, -0.2) is 4.39 Å². The van der Waals surface area contributed by atoms with Gasteiger partial charge in [0.05, 0.1) is 6.61 Å². The van der Waals surface area contributed by atoms with Gasteiger partial charge < -0.3 is 10.1 Å². The van der Waals surface area contributed by atoms with E-state index < -0.39 is 0 Å². The number of rotatable bonds is 3. The first-order valence-electron chi connectivity index (χ1n) is 4.85. The number of nitrogens with one attached hydrogen (secondary N) is 1. The second kappa shape index (κ2) is 3.96. The Balaban J connectivity index is 1.94. The summed E-state index contributed by atoms with van der Waals surface area (Å²) in [5.41, 5.74) is 0.917. The van der Waals surface area contributed by atoms with Gasteiger partial charge in [-0.05, 0) is 24.6 Å². The zero-order valence-electron chi connectivity index (χ0n) is 8.22.